The number of urea groups is 1. The molecule has 148 valence electrons. The van der Waals surface area contributed by atoms with Crippen molar-refractivity contribution in [3.63, 3.8) is 0 Å². The van der Waals surface area contributed by atoms with Crippen LogP contribution in [0, 0.1) is 5.92 Å². The number of nitrogens with one attached hydrogen (secondary N) is 1. The predicted octanol–water partition coefficient (Wildman–Crippen LogP) is 1.72. The number of piperazine rings is 1. The van der Waals surface area contributed by atoms with E-state index in [2.05, 4.69) is 19.2 Å². The summed E-state index contributed by atoms with van der Waals surface area (Å²) in [7, 11) is 3.39. The molecule has 1 aromatic carbocycles. The lowest BCUT2D eigenvalue weighted by Crippen LogP contribution is -2.55. The van der Waals surface area contributed by atoms with Crippen LogP contribution < -0.4 is 5.32 Å². The van der Waals surface area contributed by atoms with Gasteiger partial charge in [0.15, 0.2) is 0 Å². The second-order valence-corrected chi connectivity index (χ2v) is 7.56. The van der Waals surface area contributed by atoms with Gasteiger partial charge in [0.2, 0.25) is 11.8 Å². The molecule has 7 heteroatoms. The van der Waals surface area contributed by atoms with E-state index in [1.54, 1.807) is 19.0 Å². The van der Waals surface area contributed by atoms with Gasteiger partial charge in [0, 0.05) is 33.7 Å². The van der Waals surface area contributed by atoms with E-state index >= 15 is 0 Å². The van der Waals surface area contributed by atoms with Gasteiger partial charge in [-0.05, 0) is 11.5 Å². The Balaban J connectivity index is 2.03. The Morgan fingerprint density at radius 2 is 1.81 bits per heavy atom. The molecule has 0 aliphatic carbocycles. The SMILES string of the molecule is CC(C)CN1CCN(C(=O)NC(CC(=O)N(C)C)c2ccccc2)CC1=O. The largest absolute Gasteiger partial charge is 0.349 e. The topological polar surface area (TPSA) is 73.0 Å². The van der Waals surface area contributed by atoms with Crippen LogP contribution in [0.2, 0.25) is 0 Å². The Labute approximate surface area is 161 Å². The van der Waals surface area contributed by atoms with Gasteiger partial charge in [-0.3, -0.25) is 9.59 Å². The fourth-order valence-electron chi connectivity index (χ4n) is 3.05. The molecule has 0 aromatic heterocycles. The van der Waals surface area contributed by atoms with Gasteiger partial charge < -0.3 is 20.0 Å². The first-order valence-corrected chi connectivity index (χ1v) is 9.36. The average molecular weight is 374 g/mol. The standard InChI is InChI=1S/C20H30N4O3/c1-15(2)13-23-10-11-24(14-19(23)26)20(27)21-17(12-18(25)22(3)4)16-8-6-5-7-9-16/h5-9,15,17H,10-14H2,1-4H3,(H,21,27). The number of nitrogens with zero attached hydrogens (tertiary/aromatic N) is 3. The molecule has 27 heavy (non-hydrogen) atoms. The van der Waals surface area contributed by atoms with E-state index in [1.807, 2.05) is 30.3 Å². The number of carbonyl (C=O) groups is 3. The van der Waals surface area contributed by atoms with Gasteiger partial charge in [0.25, 0.3) is 0 Å². The Hall–Kier alpha value is -2.57. The van der Waals surface area contributed by atoms with Crippen molar-refractivity contribution in [2.75, 3.05) is 40.3 Å². The van der Waals surface area contributed by atoms with Gasteiger partial charge in [0.05, 0.1) is 12.5 Å². The zero-order valence-corrected chi connectivity index (χ0v) is 16.6. The monoisotopic (exact) mass is 374 g/mol. The summed E-state index contributed by atoms with van der Waals surface area (Å²) in [6.07, 6.45) is 0.171. The molecule has 2 rings (SSSR count). The summed E-state index contributed by atoms with van der Waals surface area (Å²) in [5, 5.41) is 2.93. The molecule has 1 saturated heterocycles. The second kappa shape index (κ2) is 9.39. The second-order valence-electron chi connectivity index (χ2n) is 7.56. The van der Waals surface area contributed by atoms with Crippen LogP contribution in [-0.2, 0) is 9.59 Å². The number of hydrogen-bond donors (Lipinski definition) is 1. The summed E-state index contributed by atoms with van der Waals surface area (Å²) in [5.41, 5.74) is 0.867. The van der Waals surface area contributed by atoms with Gasteiger partial charge >= 0.3 is 6.03 Å². The molecule has 1 N–H and O–H groups in total. The molecule has 1 unspecified atom stereocenters. The molecule has 1 aromatic rings. The van der Waals surface area contributed by atoms with Crippen molar-refractivity contribution in [3.05, 3.63) is 35.9 Å². The number of hydrogen-bond acceptors (Lipinski definition) is 3. The van der Waals surface area contributed by atoms with Crippen molar-refractivity contribution in [3.8, 4) is 0 Å². The summed E-state index contributed by atoms with van der Waals surface area (Å²) in [5.74, 6) is 0.293. The fraction of sp³-hybridized carbons (Fsp3) is 0.550. The Kier molecular flexibility index (Phi) is 7.21. The zero-order valence-electron chi connectivity index (χ0n) is 16.6. The van der Waals surface area contributed by atoms with E-state index in [1.165, 1.54) is 9.80 Å². The third-order valence-corrected chi connectivity index (χ3v) is 4.57. The van der Waals surface area contributed by atoms with Crippen molar-refractivity contribution < 1.29 is 14.4 Å². The van der Waals surface area contributed by atoms with Gasteiger partial charge in [0.1, 0.15) is 6.54 Å². The molecule has 1 heterocycles. The lowest BCUT2D eigenvalue weighted by atomic mass is 10.0. The molecule has 0 saturated carbocycles. The maximum atomic E-state index is 12.7. The number of carbonyl (C=O) groups excluding carboxylic acids is 3. The van der Waals surface area contributed by atoms with E-state index < -0.39 is 6.04 Å². The van der Waals surface area contributed by atoms with Gasteiger partial charge in [-0.2, -0.15) is 0 Å². The highest BCUT2D eigenvalue weighted by Crippen LogP contribution is 2.18. The quantitative estimate of drug-likeness (QED) is 0.824. The lowest BCUT2D eigenvalue weighted by Gasteiger charge is -2.36. The summed E-state index contributed by atoms with van der Waals surface area (Å²) in [4.78, 5) is 42.1. The first-order valence-electron chi connectivity index (χ1n) is 9.36. The van der Waals surface area contributed by atoms with Crippen LogP contribution in [0.3, 0.4) is 0 Å². The van der Waals surface area contributed by atoms with Crippen LogP contribution in [0.5, 0.6) is 0 Å². The highest BCUT2D eigenvalue weighted by Gasteiger charge is 2.29. The molecule has 0 bridgehead atoms. The average Bonchev–Trinajstić information content (AvgIpc) is 2.63. The smallest absolute Gasteiger partial charge is 0.318 e. The number of rotatable bonds is 6. The van der Waals surface area contributed by atoms with Gasteiger partial charge in [-0.15, -0.1) is 0 Å². The van der Waals surface area contributed by atoms with Crippen molar-refractivity contribution in [2.45, 2.75) is 26.3 Å². The van der Waals surface area contributed by atoms with Crippen LogP contribution in [0.1, 0.15) is 31.9 Å². The van der Waals surface area contributed by atoms with Crippen molar-refractivity contribution in [2.24, 2.45) is 5.92 Å². The molecule has 1 atom stereocenters. The molecule has 0 radical (unpaired) electrons. The van der Waals surface area contributed by atoms with Crippen LogP contribution in [0.4, 0.5) is 4.79 Å². The van der Waals surface area contributed by atoms with E-state index in [9.17, 15) is 14.4 Å². The first kappa shape index (κ1) is 20.7. The minimum absolute atomic E-state index is 0.0364. The Morgan fingerprint density at radius 3 is 2.37 bits per heavy atom. The third-order valence-electron chi connectivity index (χ3n) is 4.57. The first-order chi connectivity index (χ1) is 12.8. The van der Waals surface area contributed by atoms with Gasteiger partial charge in [-0.25, -0.2) is 4.79 Å². The van der Waals surface area contributed by atoms with E-state index in [-0.39, 0.29) is 30.8 Å². The summed E-state index contributed by atoms with van der Waals surface area (Å²) in [6.45, 7) is 5.95. The molecule has 1 aliphatic heterocycles. The van der Waals surface area contributed by atoms with Crippen molar-refractivity contribution >= 4 is 17.8 Å². The molecule has 4 amide bonds. The molecule has 1 fully saturated rings. The highest BCUT2D eigenvalue weighted by atomic mass is 16.2. The number of amides is 4. The fourth-order valence-corrected chi connectivity index (χ4v) is 3.05. The molecule has 7 nitrogen and oxygen atoms in total. The summed E-state index contributed by atoms with van der Waals surface area (Å²) in [6, 6.07) is 8.68. The number of benzene rings is 1. The summed E-state index contributed by atoms with van der Waals surface area (Å²) < 4.78 is 0. The zero-order chi connectivity index (χ0) is 20.0. The van der Waals surface area contributed by atoms with E-state index in [0.29, 0.717) is 25.6 Å². The Morgan fingerprint density at radius 1 is 1.15 bits per heavy atom. The minimum atomic E-state index is -0.433. The molecule has 1 aliphatic rings. The molecular formula is C20H30N4O3. The molecule has 0 spiro atoms. The van der Waals surface area contributed by atoms with Crippen LogP contribution in [0.15, 0.2) is 30.3 Å². The lowest BCUT2D eigenvalue weighted by molar-refractivity contribution is -0.135. The van der Waals surface area contributed by atoms with E-state index in [0.717, 1.165) is 5.56 Å². The van der Waals surface area contributed by atoms with Crippen LogP contribution >= 0.6 is 0 Å². The minimum Gasteiger partial charge on any atom is -0.349 e. The summed E-state index contributed by atoms with van der Waals surface area (Å²) >= 11 is 0. The maximum absolute atomic E-state index is 12.7. The van der Waals surface area contributed by atoms with Crippen molar-refractivity contribution in [1.29, 1.82) is 0 Å². The maximum Gasteiger partial charge on any atom is 0.318 e. The van der Waals surface area contributed by atoms with Crippen LogP contribution in [0.25, 0.3) is 0 Å². The van der Waals surface area contributed by atoms with Crippen LogP contribution in [-0.4, -0.2) is 72.8 Å². The predicted molar refractivity (Wildman–Crippen MR) is 104 cm³/mol. The Bertz CT molecular complexity index is 660. The van der Waals surface area contributed by atoms with E-state index in [4.69, 9.17) is 0 Å². The van der Waals surface area contributed by atoms with Gasteiger partial charge in [-0.1, -0.05) is 44.2 Å². The van der Waals surface area contributed by atoms with Crippen molar-refractivity contribution in [1.82, 2.24) is 20.0 Å². The normalized spacial score (nSPS) is 15.7. The highest BCUT2D eigenvalue weighted by molar-refractivity contribution is 5.86. The molecular weight excluding hydrogens is 344 g/mol. The third kappa shape index (κ3) is 5.98.